The molecule has 1 rings (SSSR count). The predicted molar refractivity (Wildman–Crippen MR) is 59.0 cm³/mol. The molecule has 0 unspecified atom stereocenters. The second kappa shape index (κ2) is 4.91. The molecule has 0 atom stereocenters. The van der Waals surface area contributed by atoms with E-state index in [9.17, 15) is 4.79 Å². The van der Waals surface area contributed by atoms with Crippen LogP contribution in [0.2, 0.25) is 0 Å². The number of thiol groups is 1. The molecule has 0 saturated heterocycles. The zero-order valence-electron chi connectivity index (χ0n) is 8.20. The molecule has 14 heavy (non-hydrogen) atoms. The first-order valence-corrected chi connectivity index (χ1v) is 4.68. The van der Waals surface area contributed by atoms with Gasteiger partial charge in [0.05, 0.1) is 7.11 Å². The van der Waals surface area contributed by atoms with Gasteiger partial charge < -0.3 is 10.1 Å². The molecule has 0 aliphatic rings. The highest BCUT2D eigenvalue weighted by Crippen LogP contribution is 2.19. The fraction of sp³-hybridized carbons (Fsp3) is 0.300. The summed E-state index contributed by atoms with van der Waals surface area (Å²) in [5.41, 5.74) is 2.09. The monoisotopic (exact) mass is 211 g/mol. The fourth-order valence-electron chi connectivity index (χ4n) is 1.22. The summed E-state index contributed by atoms with van der Waals surface area (Å²) < 4.78 is 5.16. The molecular weight excluding hydrogens is 198 g/mol. The van der Waals surface area contributed by atoms with Crippen LogP contribution in [-0.2, 0) is 6.54 Å². The summed E-state index contributed by atoms with van der Waals surface area (Å²) in [5.74, 6) is 0.776. The van der Waals surface area contributed by atoms with E-state index >= 15 is 0 Å². The van der Waals surface area contributed by atoms with Crippen LogP contribution in [0.15, 0.2) is 18.2 Å². The van der Waals surface area contributed by atoms with Gasteiger partial charge in [-0.15, -0.1) is 0 Å². The Morgan fingerprint density at radius 2 is 2.29 bits per heavy atom. The van der Waals surface area contributed by atoms with E-state index in [1.54, 1.807) is 7.11 Å². The number of hydrogen-bond donors (Lipinski definition) is 2. The van der Waals surface area contributed by atoms with Gasteiger partial charge in [-0.25, -0.2) is 0 Å². The van der Waals surface area contributed by atoms with Crippen LogP contribution in [0.25, 0.3) is 0 Å². The number of rotatable bonds is 3. The molecule has 0 bridgehead atoms. The van der Waals surface area contributed by atoms with Gasteiger partial charge in [-0.1, -0.05) is 30.3 Å². The summed E-state index contributed by atoms with van der Waals surface area (Å²) >= 11 is 3.63. The first kappa shape index (κ1) is 10.9. The lowest BCUT2D eigenvalue weighted by Crippen LogP contribution is -2.16. The number of benzene rings is 1. The molecule has 0 fully saturated rings. The van der Waals surface area contributed by atoms with Crippen molar-refractivity contribution in [1.82, 2.24) is 5.32 Å². The second-order valence-electron chi connectivity index (χ2n) is 2.97. The van der Waals surface area contributed by atoms with Crippen LogP contribution in [0.4, 0.5) is 4.79 Å². The summed E-state index contributed by atoms with van der Waals surface area (Å²) in [4.78, 5) is 10.6. The summed E-state index contributed by atoms with van der Waals surface area (Å²) in [7, 11) is 1.61. The summed E-state index contributed by atoms with van der Waals surface area (Å²) in [6.45, 7) is 2.43. The van der Waals surface area contributed by atoms with Crippen LogP contribution in [0.1, 0.15) is 11.1 Å². The third-order valence-electron chi connectivity index (χ3n) is 1.87. The number of hydrogen-bond acceptors (Lipinski definition) is 2. The van der Waals surface area contributed by atoms with E-state index in [2.05, 4.69) is 17.9 Å². The fourth-order valence-corrected chi connectivity index (χ4v) is 1.30. The molecule has 76 valence electrons. The molecule has 3 nitrogen and oxygen atoms in total. The Bertz CT molecular complexity index is 339. The first-order valence-electron chi connectivity index (χ1n) is 4.24. The molecule has 0 heterocycles. The second-order valence-corrected chi connectivity index (χ2v) is 3.38. The molecule has 0 spiro atoms. The normalized spacial score (nSPS) is 9.64. The van der Waals surface area contributed by atoms with E-state index in [0.717, 1.165) is 16.9 Å². The van der Waals surface area contributed by atoms with Crippen molar-refractivity contribution in [3.8, 4) is 5.75 Å². The maximum Gasteiger partial charge on any atom is 0.276 e. The third-order valence-corrected chi connectivity index (χ3v) is 2.02. The molecule has 0 aliphatic carbocycles. The minimum absolute atomic E-state index is 0.339. The number of methoxy groups -OCH3 is 1. The van der Waals surface area contributed by atoms with Crippen LogP contribution < -0.4 is 10.1 Å². The van der Waals surface area contributed by atoms with Gasteiger partial charge in [0, 0.05) is 12.1 Å². The van der Waals surface area contributed by atoms with E-state index in [1.807, 2.05) is 25.1 Å². The van der Waals surface area contributed by atoms with Crippen molar-refractivity contribution in [3.05, 3.63) is 29.3 Å². The molecule has 1 amide bonds. The predicted octanol–water partition coefficient (Wildman–Crippen LogP) is 2.14. The van der Waals surface area contributed by atoms with Crippen molar-refractivity contribution in [2.45, 2.75) is 13.5 Å². The quantitative estimate of drug-likeness (QED) is 0.752. The topological polar surface area (TPSA) is 38.3 Å². The van der Waals surface area contributed by atoms with E-state index in [4.69, 9.17) is 4.74 Å². The van der Waals surface area contributed by atoms with Gasteiger partial charge in [0.25, 0.3) is 5.24 Å². The Balaban J connectivity index is 2.82. The Morgan fingerprint density at radius 1 is 1.57 bits per heavy atom. The first-order chi connectivity index (χ1) is 6.63. The highest BCUT2D eigenvalue weighted by Gasteiger charge is 2.03. The maximum atomic E-state index is 10.6. The highest BCUT2D eigenvalue weighted by atomic mass is 32.1. The Kier molecular flexibility index (Phi) is 3.83. The lowest BCUT2D eigenvalue weighted by molar-refractivity contribution is 0.260. The lowest BCUT2D eigenvalue weighted by Gasteiger charge is -2.09. The van der Waals surface area contributed by atoms with Gasteiger partial charge in [0.1, 0.15) is 5.75 Å². The van der Waals surface area contributed by atoms with E-state index in [0.29, 0.717) is 6.54 Å². The van der Waals surface area contributed by atoms with Crippen molar-refractivity contribution >= 4 is 17.9 Å². The van der Waals surface area contributed by atoms with Crippen molar-refractivity contribution < 1.29 is 9.53 Å². The number of carbonyl (C=O) groups is 1. The molecule has 1 aromatic carbocycles. The van der Waals surface area contributed by atoms with Crippen molar-refractivity contribution in [2.24, 2.45) is 0 Å². The molecule has 4 heteroatoms. The molecule has 1 N–H and O–H groups in total. The van der Waals surface area contributed by atoms with Gasteiger partial charge in [-0.3, -0.25) is 4.79 Å². The van der Waals surface area contributed by atoms with Gasteiger partial charge in [0.15, 0.2) is 0 Å². The Labute approximate surface area is 88.9 Å². The minimum atomic E-state index is -0.339. The standard InChI is InChI=1S/C10H13NO2S/c1-7-3-4-9(13-2)8(5-7)6-11-10(12)14/h3-5H,6H2,1-2H3,(H2,11,12,14). The Morgan fingerprint density at radius 3 is 2.86 bits per heavy atom. The van der Waals surface area contributed by atoms with Crippen LogP contribution in [0, 0.1) is 6.92 Å². The molecule has 0 radical (unpaired) electrons. The lowest BCUT2D eigenvalue weighted by atomic mass is 10.1. The average molecular weight is 211 g/mol. The zero-order chi connectivity index (χ0) is 10.6. The number of nitrogens with one attached hydrogen (secondary N) is 1. The van der Waals surface area contributed by atoms with Gasteiger partial charge in [-0.05, 0) is 13.0 Å². The largest absolute Gasteiger partial charge is 0.496 e. The molecule has 0 aliphatic heterocycles. The van der Waals surface area contributed by atoms with Gasteiger partial charge in [-0.2, -0.15) is 0 Å². The Hall–Kier alpha value is -1.16. The van der Waals surface area contributed by atoms with Crippen LogP contribution in [0.5, 0.6) is 5.75 Å². The van der Waals surface area contributed by atoms with Crippen LogP contribution in [0.3, 0.4) is 0 Å². The smallest absolute Gasteiger partial charge is 0.276 e. The minimum Gasteiger partial charge on any atom is -0.496 e. The van der Waals surface area contributed by atoms with E-state index < -0.39 is 0 Å². The summed E-state index contributed by atoms with van der Waals surface area (Å²) in [5, 5.41) is 2.27. The highest BCUT2D eigenvalue weighted by molar-refractivity contribution is 7.96. The number of carbonyl (C=O) groups excluding carboxylic acids is 1. The number of ether oxygens (including phenoxy) is 1. The van der Waals surface area contributed by atoms with Gasteiger partial charge >= 0.3 is 0 Å². The molecular formula is C10H13NO2S. The van der Waals surface area contributed by atoms with Crippen LogP contribution >= 0.6 is 12.6 Å². The third kappa shape index (κ3) is 2.96. The zero-order valence-corrected chi connectivity index (χ0v) is 9.10. The SMILES string of the molecule is COc1ccc(C)cc1CNC(=O)S. The molecule has 0 aromatic heterocycles. The van der Waals surface area contributed by atoms with E-state index in [1.165, 1.54) is 0 Å². The molecule has 0 saturated carbocycles. The van der Waals surface area contributed by atoms with E-state index in [-0.39, 0.29) is 5.24 Å². The van der Waals surface area contributed by atoms with Crippen molar-refractivity contribution in [2.75, 3.05) is 7.11 Å². The summed E-state index contributed by atoms with van der Waals surface area (Å²) in [6.07, 6.45) is 0. The maximum absolute atomic E-state index is 10.6. The van der Waals surface area contributed by atoms with Crippen molar-refractivity contribution in [3.63, 3.8) is 0 Å². The average Bonchev–Trinajstić information content (AvgIpc) is 2.15. The summed E-state index contributed by atoms with van der Waals surface area (Å²) in [6, 6.07) is 5.82. The molecule has 1 aromatic rings. The van der Waals surface area contributed by atoms with Crippen LogP contribution in [-0.4, -0.2) is 12.3 Å². The van der Waals surface area contributed by atoms with Gasteiger partial charge in [0.2, 0.25) is 0 Å². The van der Waals surface area contributed by atoms with Crippen molar-refractivity contribution in [1.29, 1.82) is 0 Å². The number of amides is 1. The number of aryl methyl sites for hydroxylation is 1.